The molecule has 2 aromatic carbocycles. The number of carbonyl (C=O) groups excluding carboxylic acids is 4. The SMILES string of the molecule is Cc1ccc(N(NC(=O)OC(C)(C)C)C(=O)c2c(C(=O)N3CCOCC3)nc3cc(Cl)ccc3c2OC(=O)C(C)(C)C)c(Cl)c1. The summed E-state index contributed by atoms with van der Waals surface area (Å²) >= 11 is 12.9. The maximum atomic E-state index is 14.8. The zero-order valence-electron chi connectivity index (χ0n) is 26.2. The molecule has 240 valence electrons. The fourth-order valence-electron chi connectivity index (χ4n) is 4.35. The van der Waals surface area contributed by atoms with Gasteiger partial charge in [0.25, 0.3) is 11.8 Å². The quantitative estimate of drug-likeness (QED) is 0.253. The summed E-state index contributed by atoms with van der Waals surface area (Å²) in [6.07, 6.45) is -0.970. The Hall–Kier alpha value is -3.93. The number of hydrogen-bond acceptors (Lipinski definition) is 8. The lowest BCUT2D eigenvalue weighted by atomic mass is 9.97. The summed E-state index contributed by atoms with van der Waals surface area (Å²) in [4.78, 5) is 61.4. The molecule has 0 bridgehead atoms. The maximum Gasteiger partial charge on any atom is 0.427 e. The van der Waals surface area contributed by atoms with E-state index in [4.69, 9.17) is 37.4 Å². The van der Waals surface area contributed by atoms with Crippen LogP contribution in [-0.4, -0.2) is 65.7 Å². The topological polar surface area (TPSA) is 127 Å². The van der Waals surface area contributed by atoms with Gasteiger partial charge in [0.2, 0.25) is 0 Å². The first-order valence-corrected chi connectivity index (χ1v) is 15.0. The Morgan fingerprint density at radius 2 is 1.64 bits per heavy atom. The summed E-state index contributed by atoms with van der Waals surface area (Å²) in [5.41, 5.74) is 0.961. The number of anilines is 1. The Morgan fingerprint density at radius 3 is 2.24 bits per heavy atom. The number of hydrogen-bond donors (Lipinski definition) is 1. The Morgan fingerprint density at radius 1 is 0.978 bits per heavy atom. The first-order valence-electron chi connectivity index (χ1n) is 14.3. The molecule has 0 saturated carbocycles. The van der Waals surface area contributed by atoms with Gasteiger partial charge in [-0.15, -0.1) is 0 Å². The molecule has 0 spiro atoms. The summed E-state index contributed by atoms with van der Waals surface area (Å²) in [6.45, 7) is 12.8. The van der Waals surface area contributed by atoms with Crippen molar-refractivity contribution in [2.45, 2.75) is 54.1 Å². The number of pyridine rings is 1. The van der Waals surface area contributed by atoms with E-state index in [0.29, 0.717) is 5.02 Å². The maximum absolute atomic E-state index is 14.8. The average molecular weight is 660 g/mol. The molecule has 1 saturated heterocycles. The van der Waals surface area contributed by atoms with E-state index in [2.05, 4.69) is 10.4 Å². The van der Waals surface area contributed by atoms with Crippen LogP contribution in [0.5, 0.6) is 5.75 Å². The molecule has 45 heavy (non-hydrogen) atoms. The van der Waals surface area contributed by atoms with Crippen LogP contribution in [0.4, 0.5) is 10.5 Å². The second kappa shape index (κ2) is 13.2. The smallest absolute Gasteiger partial charge is 0.427 e. The number of benzene rings is 2. The second-order valence-electron chi connectivity index (χ2n) is 12.6. The number of nitrogens with zero attached hydrogens (tertiary/aromatic N) is 3. The van der Waals surface area contributed by atoms with Gasteiger partial charge >= 0.3 is 12.1 Å². The molecule has 0 unspecified atom stereocenters. The van der Waals surface area contributed by atoms with Crippen LogP contribution >= 0.6 is 23.2 Å². The highest BCUT2D eigenvalue weighted by Crippen LogP contribution is 2.37. The van der Waals surface area contributed by atoms with Gasteiger partial charge in [-0.2, -0.15) is 0 Å². The van der Waals surface area contributed by atoms with Gasteiger partial charge in [-0.25, -0.2) is 20.2 Å². The fraction of sp³-hybridized carbons (Fsp3) is 0.406. The van der Waals surface area contributed by atoms with Crippen molar-refractivity contribution in [3.05, 3.63) is 63.3 Å². The standard InChI is InChI=1S/C32H36Cl2N4O7/c1-18-8-11-23(21(34)16-18)38(36-30(42)45-32(5,6)7)27(39)24-25(28(40)37-12-14-43-15-13-37)35-22-17-19(33)9-10-20(22)26(24)44-29(41)31(2,3)4/h8-11,16-17H,12-15H2,1-7H3,(H,36,42). The number of nitrogens with one attached hydrogen (secondary N) is 1. The largest absolute Gasteiger partial charge is 0.443 e. The van der Waals surface area contributed by atoms with Gasteiger partial charge in [0, 0.05) is 23.5 Å². The van der Waals surface area contributed by atoms with Gasteiger partial charge in [0.1, 0.15) is 16.9 Å². The molecule has 0 radical (unpaired) electrons. The van der Waals surface area contributed by atoms with Crippen molar-refractivity contribution >= 4 is 63.7 Å². The van der Waals surface area contributed by atoms with Gasteiger partial charge in [-0.1, -0.05) is 29.3 Å². The van der Waals surface area contributed by atoms with Crippen LogP contribution in [0.15, 0.2) is 36.4 Å². The minimum absolute atomic E-state index is 0.0761. The lowest BCUT2D eigenvalue weighted by molar-refractivity contribution is -0.142. The van der Waals surface area contributed by atoms with Gasteiger partial charge in [-0.05, 0) is 84.4 Å². The van der Waals surface area contributed by atoms with Gasteiger partial charge < -0.3 is 19.1 Å². The summed E-state index contributed by atoms with van der Waals surface area (Å²) in [6, 6.07) is 9.42. The molecule has 1 aliphatic heterocycles. The van der Waals surface area contributed by atoms with Crippen molar-refractivity contribution in [1.82, 2.24) is 15.3 Å². The summed E-state index contributed by atoms with van der Waals surface area (Å²) in [7, 11) is 0. The van der Waals surface area contributed by atoms with Gasteiger partial charge in [0.15, 0.2) is 5.75 Å². The number of fused-ring (bicyclic) bond motifs is 1. The van der Waals surface area contributed by atoms with Crippen LogP contribution in [0, 0.1) is 12.3 Å². The minimum Gasteiger partial charge on any atom is -0.443 e. The number of ether oxygens (including phenoxy) is 3. The number of aryl methyl sites for hydroxylation is 1. The zero-order chi connectivity index (χ0) is 33.3. The first kappa shape index (κ1) is 34.0. The molecule has 0 aliphatic carbocycles. The first-order chi connectivity index (χ1) is 21.0. The highest BCUT2D eigenvalue weighted by molar-refractivity contribution is 6.34. The van der Waals surface area contributed by atoms with Crippen LogP contribution in [0.25, 0.3) is 10.9 Å². The van der Waals surface area contributed by atoms with Crippen molar-refractivity contribution in [2.75, 3.05) is 31.3 Å². The molecule has 1 fully saturated rings. The Bertz CT molecular complexity index is 1660. The number of hydrazine groups is 1. The third-order valence-electron chi connectivity index (χ3n) is 6.57. The molecule has 13 heteroatoms. The lowest BCUT2D eigenvalue weighted by Gasteiger charge is -2.30. The Labute approximate surface area is 271 Å². The van der Waals surface area contributed by atoms with E-state index in [0.717, 1.165) is 10.6 Å². The number of carbonyl (C=O) groups is 4. The van der Waals surface area contributed by atoms with E-state index in [1.807, 2.05) is 6.92 Å². The molecule has 2 heterocycles. The molecule has 3 aromatic rings. The lowest BCUT2D eigenvalue weighted by Crippen LogP contribution is -2.49. The number of morpholine rings is 1. The minimum atomic E-state index is -0.995. The molecule has 1 aromatic heterocycles. The molecule has 1 aliphatic rings. The molecule has 1 N–H and O–H groups in total. The van der Waals surface area contributed by atoms with Crippen LogP contribution < -0.4 is 15.2 Å². The van der Waals surface area contributed by atoms with Crippen LogP contribution in [-0.2, 0) is 14.3 Å². The molecule has 0 atom stereocenters. The number of esters is 1. The third-order valence-corrected chi connectivity index (χ3v) is 7.11. The van der Waals surface area contributed by atoms with E-state index >= 15 is 0 Å². The highest BCUT2D eigenvalue weighted by atomic mass is 35.5. The Kier molecular flexibility index (Phi) is 9.96. The van der Waals surface area contributed by atoms with Crippen LogP contribution in [0.1, 0.15) is 68.0 Å². The molecule has 11 nitrogen and oxygen atoms in total. The van der Waals surface area contributed by atoms with Gasteiger partial charge in [-0.3, -0.25) is 14.4 Å². The predicted octanol–water partition coefficient (Wildman–Crippen LogP) is 6.36. The summed E-state index contributed by atoms with van der Waals surface area (Å²) < 4.78 is 16.8. The Balaban J connectivity index is 2.02. The molecular weight excluding hydrogens is 623 g/mol. The van der Waals surface area contributed by atoms with Crippen molar-refractivity contribution in [1.29, 1.82) is 0 Å². The van der Waals surface area contributed by atoms with Crippen LogP contribution in [0.2, 0.25) is 10.0 Å². The van der Waals surface area contributed by atoms with Gasteiger partial charge in [0.05, 0.1) is 34.9 Å². The average Bonchev–Trinajstić information content (AvgIpc) is 2.94. The van der Waals surface area contributed by atoms with E-state index in [-0.39, 0.29) is 64.9 Å². The van der Waals surface area contributed by atoms with Crippen molar-refractivity contribution in [2.24, 2.45) is 5.41 Å². The van der Waals surface area contributed by atoms with Crippen molar-refractivity contribution in [3.8, 4) is 5.75 Å². The second-order valence-corrected chi connectivity index (χ2v) is 13.4. The van der Waals surface area contributed by atoms with E-state index < -0.39 is 34.9 Å². The van der Waals surface area contributed by atoms with E-state index in [1.54, 1.807) is 65.8 Å². The fourth-order valence-corrected chi connectivity index (χ4v) is 4.83. The number of aromatic nitrogens is 1. The van der Waals surface area contributed by atoms with E-state index in [1.165, 1.54) is 17.0 Å². The summed E-state index contributed by atoms with van der Waals surface area (Å²) in [5.74, 6) is -2.46. The highest BCUT2D eigenvalue weighted by Gasteiger charge is 2.37. The number of halogens is 2. The third kappa shape index (κ3) is 8.02. The van der Waals surface area contributed by atoms with E-state index in [9.17, 15) is 19.2 Å². The van der Waals surface area contributed by atoms with Crippen molar-refractivity contribution in [3.63, 3.8) is 0 Å². The monoisotopic (exact) mass is 658 g/mol. The zero-order valence-corrected chi connectivity index (χ0v) is 27.8. The molecule has 3 amide bonds. The molecular formula is C32H36Cl2N4O7. The van der Waals surface area contributed by atoms with Crippen molar-refractivity contribution < 1.29 is 33.4 Å². The van der Waals surface area contributed by atoms with Crippen LogP contribution in [0.3, 0.4) is 0 Å². The number of rotatable bonds is 4. The number of amides is 3. The molecule has 4 rings (SSSR count). The normalized spacial score (nSPS) is 13.8. The predicted molar refractivity (Wildman–Crippen MR) is 171 cm³/mol. The summed E-state index contributed by atoms with van der Waals surface area (Å²) in [5, 5.41) is 1.53.